The first-order valence-electron chi connectivity index (χ1n) is 6.85. The molecule has 4 heteroatoms. The summed E-state index contributed by atoms with van der Waals surface area (Å²) in [7, 11) is 0. The first kappa shape index (κ1) is 15.3. The molecule has 1 aromatic rings. The topological polar surface area (TPSA) is 35.5 Å². The second-order valence-corrected chi connectivity index (χ2v) is 5.98. The summed E-state index contributed by atoms with van der Waals surface area (Å²) in [4.78, 5) is 11.9. The lowest BCUT2D eigenvalue weighted by atomic mass is 10.0. The van der Waals surface area contributed by atoms with Gasteiger partial charge in [0, 0.05) is 17.7 Å². The smallest absolute Gasteiger partial charge is 0.308 e. The Hall–Kier alpha value is -1.13. The zero-order valence-electron chi connectivity index (χ0n) is 11.3. The first-order chi connectivity index (χ1) is 9.70. The number of hydrogen-bond donors (Lipinski definition) is 0. The normalized spacial score (nSPS) is 25.9. The predicted octanol–water partition coefficient (Wildman–Crippen LogP) is 4.14. The molecule has 1 aromatic carbocycles. The van der Waals surface area contributed by atoms with Crippen molar-refractivity contribution in [3.8, 4) is 0 Å². The van der Waals surface area contributed by atoms with Crippen LogP contribution in [0.25, 0.3) is 0 Å². The summed E-state index contributed by atoms with van der Waals surface area (Å²) in [5.74, 6) is -0.227. The van der Waals surface area contributed by atoms with E-state index in [0.717, 1.165) is 18.4 Å². The summed E-state index contributed by atoms with van der Waals surface area (Å²) in [6, 6.07) is 10.0. The number of rotatable bonds is 5. The van der Waals surface area contributed by atoms with Gasteiger partial charge in [-0.2, -0.15) is 0 Å². The molecule has 0 amide bonds. The number of carbonyl (C=O) groups excluding carboxylic acids is 1. The van der Waals surface area contributed by atoms with Crippen molar-refractivity contribution >= 4 is 21.9 Å². The van der Waals surface area contributed by atoms with E-state index in [4.69, 9.17) is 9.47 Å². The third-order valence-corrected chi connectivity index (χ3v) is 4.19. The Morgan fingerprint density at radius 2 is 2.15 bits per heavy atom. The second kappa shape index (κ2) is 7.60. The van der Waals surface area contributed by atoms with Crippen molar-refractivity contribution < 1.29 is 14.3 Å². The Kier molecular flexibility index (Phi) is 5.80. The molecule has 0 aromatic heterocycles. The summed E-state index contributed by atoms with van der Waals surface area (Å²) >= 11 is 3.65. The van der Waals surface area contributed by atoms with E-state index >= 15 is 0 Å². The van der Waals surface area contributed by atoms with Gasteiger partial charge >= 0.3 is 5.97 Å². The lowest BCUT2D eigenvalue weighted by Crippen LogP contribution is -2.33. The van der Waals surface area contributed by atoms with Gasteiger partial charge in [-0.3, -0.25) is 4.79 Å². The summed E-state index contributed by atoms with van der Waals surface area (Å²) in [5.41, 5.74) is 1.10. The molecule has 1 fully saturated rings. The molecule has 0 aliphatic carbocycles. The molecule has 108 valence electrons. The number of esters is 1. The maximum absolute atomic E-state index is 11.6. The van der Waals surface area contributed by atoms with E-state index in [1.807, 2.05) is 30.3 Å². The predicted molar refractivity (Wildman–Crippen MR) is 81.5 cm³/mol. The second-order valence-electron chi connectivity index (χ2n) is 4.81. The van der Waals surface area contributed by atoms with Crippen molar-refractivity contribution in [2.45, 2.75) is 42.9 Å². The van der Waals surface area contributed by atoms with Gasteiger partial charge in [-0.1, -0.05) is 52.3 Å². The van der Waals surface area contributed by atoms with Gasteiger partial charge in [0.25, 0.3) is 0 Å². The van der Waals surface area contributed by atoms with Gasteiger partial charge in [-0.25, -0.2) is 0 Å². The highest BCUT2D eigenvalue weighted by Gasteiger charge is 2.32. The van der Waals surface area contributed by atoms with Gasteiger partial charge in [0.05, 0.1) is 6.10 Å². The lowest BCUT2D eigenvalue weighted by molar-refractivity contribution is -0.202. The molecule has 3 atom stereocenters. The number of benzene rings is 1. The number of hydrogen-bond acceptors (Lipinski definition) is 3. The molecule has 2 rings (SSSR count). The largest absolute Gasteiger partial charge is 0.436 e. The average Bonchev–Trinajstić information content (AvgIpc) is 2.48. The molecule has 0 spiro atoms. The fourth-order valence-electron chi connectivity index (χ4n) is 2.21. The summed E-state index contributed by atoms with van der Waals surface area (Å²) in [6.45, 7) is 3.60. The Bertz CT molecular complexity index is 446. The highest BCUT2D eigenvalue weighted by molar-refractivity contribution is 9.09. The van der Waals surface area contributed by atoms with E-state index in [9.17, 15) is 4.79 Å². The van der Waals surface area contributed by atoms with Gasteiger partial charge in [-0.05, 0) is 18.4 Å². The van der Waals surface area contributed by atoms with E-state index in [1.54, 1.807) is 6.08 Å². The van der Waals surface area contributed by atoms with Gasteiger partial charge in [0.1, 0.15) is 0 Å². The fourth-order valence-corrected chi connectivity index (χ4v) is 2.90. The van der Waals surface area contributed by atoms with Gasteiger partial charge < -0.3 is 9.47 Å². The monoisotopic (exact) mass is 338 g/mol. The minimum atomic E-state index is -0.452. The van der Waals surface area contributed by atoms with E-state index in [1.165, 1.54) is 0 Å². The SMILES string of the molecule is C=CCCC(=O)OC1CCC(Br)C(c2ccccc2)O1. The molecule has 0 saturated carbocycles. The van der Waals surface area contributed by atoms with Gasteiger partial charge in [0.2, 0.25) is 6.29 Å². The molecule has 0 bridgehead atoms. The van der Waals surface area contributed by atoms with Crippen molar-refractivity contribution in [3.63, 3.8) is 0 Å². The lowest BCUT2D eigenvalue weighted by Gasteiger charge is -2.33. The van der Waals surface area contributed by atoms with Crippen molar-refractivity contribution in [1.82, 2.24) is 0 Å². The summed E-state index contributed by atoms with van der Waals surface area (Å²) in [6.07, 6.45) is 3.81. The van der Waals surface area contributed by atoms with Crippen LogP contribution >= 0.6 is 15.9 Å². The highest BCUT2D eigenvalue weighted by atomic mass is 79.9. The molecule has 20 heavy (non-hydrogen) atoms. The van der Waals surface area contributed by atoms with Gasteiger partial charge in [0.15, 0.2) is 0 Å². The molecule has 3 nitrogen and oxygen atoms in total. The zero-order valence-corrected chi connectivity index (χ0v) is 12.9. The molecule has 1 aliphatic heterocycles. The Balaban J connectivity index is 1.94. The van der Waals surface area contributed by atoms with Crippen LogP contribution in [0.2, 0.25) is 0 Å². The number of allylic oxidation sites excluding steroid dienone is 1. The standard InChI is InChI=1S/C16H19BrO3/c1-2-3-9-14(18)19-15-11-10-13(17)16(20-15)12-7-5-4-6-8-12/h2,4-8,13,15-16H,1,3,9-11H2. The third kappa shape index (κ3) is 4.18. The highest BCUT2D eigenvalue weighted by Crippen LogP contribution is 2.36. The zero-order chi connectivity index (χ0) is 14.4. The van der Waals surface area contributed by atoms with Gasteiger partial charge in [-0.15, -0.1) is 6.58 Å². The fraction of sp³-hybridized carbons (Fsp3) is 0.438. The third-order valence-electron chi connectivity index (χ3n) is 3.25. The minimum Gasteiger partial charge on any atom is -0.436 e. The number of ether oxygens (including phenoxy) is 2. The Morgan fingerprint density at radius 1 is 1.40 bits per heavy atom. The maximum atomic E-state index is 11.6. The average molecular weight is 339 g/mol. The first-order valence-corrected chi connectivity index (χ1v) is 7.77. The van der Waals surface area contributed by atoms with Crippen LogP contribution in [0.4, 0.5) is 0 Å². The van der Waals surface area contributed by atoms with E-state index < -0.39 is 6.29 Å². The Morgan fingerprint density at radius 3 is 2.85 bits per heavy atom. The molecule has 1 heterocycles. The van der Waals surface area contributed by atoms with Crippen LogP contribution in [-0.2, 0) is 14.3 Å². The van der Waals surface area contributed by atoms with Crippen molar-refractivity contribution in [2.75, 3.05) is 0 Å². The maximum Gasteiger partial charge on any atom is 0.308 e. The molecular formula is C16H19BrO3. The van der Waals surface area contributed by atoms with Crippen LogP contribution in [0.3, 0.4) is 0 Å². The van der Waals surface area contributed by atoms with E-state index in [2.05, 4.69) is 22.5 Å². The van der Waals surface area contributed by atoms with E-state index in [0.29, 0.717) is 12.8 Å². The molecule has 1 saturated heterocycles. The number of alkyl halides is 1. The number of halogens is 1. The minimum absolute atomic E-state index is 0.0813. The quantitative estimate of drug-likeness (QED) is 0.460. The summed E-state index contributed by atoms with van der Waals surface area (Å²) < 4.78 is 11.3. The summed E-state index contributed by atoms with van der Waals surface area (Å²) in [5, 5.41) is 0. The van der Waals surface area contributed by atoms with E-state index in [-0.39, 0.29) is 16.9 Å². The molecular weight excluding hydrogens is 320 g/mol. The Labute approximate surface area is 128 Å². The van der Waals surface area contributed by atoms with Crippen LogP contribution in [0, 0.1) is 0 Å². The van der Waals surface area contributed by atoms with Crippen LogP contribution < -0.4 is 0 Å². The van der Waals surface area contributed by atoms with Crippen molar-refractivity contribution in [3.05, 3.63) is 48.6 Å². The van der Waals surface area contributed by atoms with Crippen molar-refractivity contribution in [2.24, 2.45) is 0 Å². The molecule has 1 aliphatic rings. The molecule has 0 radical (unpaired) electrons. The van der Waals surface area contributed by atoms with Crippen molar-refractivity contribution in [1.29, 1.82) is 0 Å². The molecule has 0 N–H and O–H groups in total. The molecule has 3 unspecified atom stereocenters. The number of carbonyl (C=O) groups is 1. The van der Waals surface area contributed by atoms with Crippen LogP contribution in [0.1, 0.15) is 37.4 Å². The van der Waals surface area contributed by atoms with Crippen LogP contribution in [0.5, 0.6) is 0 Å². The van der Waals surface area contributed by atoms with Crippen LogP contribution in [0.15, 0.2) is 43.0 Å². The van der Waals surface area contributed by atoms with Crippen LogP contribution in [-0.4, -0.2) is 17.1 Å².